The highest BCUT2D eigenvalue weighted by atomic mass is 16.5. The van der Waals surface area contributed by atoms with Crippen molar-refractivity contribution in [2.45, 2.75) is 12.3 Å². The third kappa shape index (κ3) is 4.61. The number of benzene rings is 2. The molecule has 0 fully saturated rings. The molecule has 1 aromatic heterocycles. The smallest absolute Gasteiger partial charge is 0.407 e. The number of carbonyl (C=O) groups is 2. The summed E-state index contributed by atoms with van der Waals surface area (Å²) in [6.45, 7) is 0.699. The largest absolute Gasteiger partial charge is 0.475 e. The van der Waals surface area contributed by atoms with Crippen molar-refractivity contribution < 1.29 is 19.4 Å². The standard InChI is InChI=1S/C24H21N3O4/c28-23(29)22-26-13-16(14-27-22)7-5-6-12-25-24(30)31-15-21-19-10-3-1-8-17(19)18-9-2-4-11-20(18)21/h1-5,7-11,13-14,21H,6,12,15H2,(H,25,30)(H,28,29). The minimum Gasteiger partial charge on any atom is -0.475 e. The maximum atomic E-state index is 12.1. The lowest BCUT2D eigenvalue weighted by Gasteiger charge is -2.14. The van der Waals surface area contributed by atoms with Gasteiger partial charge < -0.3 is 15.2 Å². The molecule has 0 bridgehead atoms. The number of amides is 1. The van der Waals surface area contributed by atoms with Crippen LogP contribution in [0.3, 0.4) is 0 Å². The Bertz CT molecular complexity index is 1080. The van der Waals surface area contributed by atoms with Crippen LogP contribution >= 0.6 is 0 Å². The Morgan fingerprint density at radius 1 is 1.00 bits per heavy atom. The first kappa shape index (κ1) is 20.3. The Morgan fingerprint density at radius 3 is 2.23 bits per heavy atom. The second-order valence-electron chi connectivity index (χ2n) is 7.09. The molecule has 1 aliphatic carbocycles. The lowest BCUT2D eigenvalue weighted by atomic mass is 9.98. The lowest BCUT2D eigenvalue weighted by molar-refractivity contribution is 0.0683. The molecule has 0 atom stereocenters. The molecule has 2 aromatic carbocycles. The number of aromatic nitrogens is 2. The van der Waals surface area contributed by atoms with Crippen LogP contribution in [0, 0.1) is 0 Å². The normalized spacial score (nSPS) is 12.4. The summed E-state index contributed by atoms with van der Waals surface area (Å²) in [6.07, 6.45) is 6.63. The molecule has 4 rings (SSSR count). The van der Waals surface area contributed by atoms with Gasteiger partial charge in [-0.1, -0.05) is 60.7 Å². The number of alkyl carbamates (subject to hydrolysis) is 1. The number of hydrogen-bond donors (Lipinski definition) is 2. The van der Waals surface area contributed by atoms with Crippen LogP contribution in [0.25, 0.3) is 17.2 Å². The van der Waals surface area contributed by atoms with Crippen molar-refractivity contribution in [1.82, 2.24) is 15.3 Å². The molecule has 1 heterocycles. The summed E-state index contributed by atoms with van der Waals surface area (Å²) in [4.78, 5) is 30.4. The van der Waals surface area contributed by atoms with Crippen molar-refractivity contribution >= 4 is 18.1 Å². The topological polar surface area (TPSA) is 101 Å². The van der Waals surface area contributed by atoms with E-state index in [0.717, 1.165) is 0 Å². The van der Waals surface area contributed by atoms with Crippen molar-refractivity contribution in [3.63, 3.8) is 0 Å². The number of aromatic carboxylic acids is 1. The van der Waals surface area contributed by atoms with E-state index in [-0.39, 0.29) is 18.3 Å². The zero-order chi connectivity index (χ0) is 21.6. The van der Waals surface area contributed by atoms with E-state index in [9.17, 15) is 9.59 Å². The summed E-state index contributed by atoms with van der Waals surface area (Å²) >= 11 is 0. The molecule has 3 aromatic rings. The molecule has 0 aliphatic heterocycles. The van der Waals surface area contributed by atoms with Gasteiger partial charge in [-0.3, -0.25) is 0 Å². The van der Waals surface area contributed by atoms with Gasteiger partial charge >= 0.3 is 12.1 Å². The van der Waals surface area contributed by atoms with E-state index in [2.05, 4.69) is 39.6 Å². The number of nitrogens with zero attached hydrogens (tertiary/aromatic N) is 2. The maximum Gasteiger partial charge on any atom is 0.407 e. The lowest BCUT2D eigenvalue weighted by Crippen LogP contribution is -2.26. The highest BCUT2D eigenvalue weighted by molar-refractivity contribution is 5.83. The average Bonchev–Trinajstić information content (AvgIpc) is 3.11. The number of carboxylic acid groups (broad SMARTS) is 1. The molecule has 2 N–H and O–H groups in total. The third-order valence-corrected chi connectivity index (χ3v) is 5.10. The van der Waals surface area contributed by atoms with E-state index < -0.39 is 12.1 Å². The van der Waals surface area contributed by atoms with Crippen molar-refractivity contribution in [2.24, 2.45) is 0 Å². The van der Waals surface area contributed by atoms with E-state index in [0.29, 0.717) is 18.5 Å². The zero-order valence-corrected chi connectivity index (χ0v) is 16.7. The third-order valence-electron chi connectivity index (χ3n) is 5.10. The van der Waals surface area contributed by atoms with E-state index in [1.807, 2.05) is 30.3 Å². The van der Waals surface area contributed by atoms with Gasteiger partial charge in [0.25, 0.3) is 0 Å². The molecule has 156 valence electrons. The van der Waals surface area contributed by atoms with Gasteiger partial charge in [0.2, 0.25) is 5.82 Å². The van der Waals surface area contributed by atoms with E-state index in [1.165, 1.54) is 34.6 Å². The molecule has 0 saturated carbocycles. The van der Waals surface area contributed by atoms with Crippen LogP contribution in [0.2, 0.25) is 0 Å². The minimum atomic E-state index is -1.16. The molecular weight excluding hydrogens is 394 g/mol. The summed E-state index contributed by atoms with van der Waals surface area (Å²) in [6, 6.07) is 16.4. The molecule has 0 saturated heterocycles. The summed E-state index contributed by atoms with van der Waals surface area (Å²) in [7, 11) is 0. The van der Waals surface area contributed by atoms with Crippen LogP contribution < -0.4 is 5.32 Å². The van der Waals surface area contributed by atoms with Crippen LogP contribution in [0.5, 0.6) is 0 Å². The van der Waals surface area contributed by atoms with E-state index in [1.54, 1.807) is 6.08 Å². The number of ether oxygens (including phenoxy) is 1. The monoisotopic (exact) mass is 415 g/mol. The molecule has 31 heavy (non-hydrogen) atoms. The van der Waals surface area contributed by atoms with Gasteiger partial charge in [-0.2, -0.15) is 0 Å². The first-order chi connectivity index (χ1) is 15.1. The van der Waals surface area contributed by atoms with Crippen molar-refractivity contribution in [1.29, 1.82) is 0 Å². The summed E-state index contributed by atoms with van der Waals surface area (Å²) in [5.41, 5.74) is 5.42. The summed E-state index contributed by atoms with van der Waals surface area (Å²) in [5.74, 6) is -1.37. The van der Waals surface area contributed by atoms with Crippen LogP contribution in [-0.4, -0.2) is 40.3 Å². The zero-order valence-electron chi connectivity index (χ0n) is 16.7. The summed E-state index contributed by atoms with van der Waals surface area (Å²) < 4.78 is 5.49. The second-order valence-corrected chi connectivity index (χ2v) is 7.09. The van der Waals surface area contributed by atoms with Crippen LogP contribution in [0.15, 0.2) is 67.0 Å². The van der Waals surface area contributed by atoms with Gasteiger partial charge in [0, 0.05) is 30.4 Å². The number of carbonyl (C=O) groups excluding carboxylic acids is 1. The fourth-order valence-corrected chi connectivity index (χ4v) is 3.66. The molecule has 0 unspecified atom stereocenters. The fourth-order valence-electron chi connectivity index (χ4n) is 3.66. The Balaban J connectivity index is 1.25. The van der Waals surface area contributed by atoms with Gasteiger partial charge in [0.15, 0.2) is 0 Å². The number of fused-ring (bicyclic) bond motifs is 3. The van der Waals surface area contributed by atoms with E-state index >= 15 is 0 Å². The molecule has 1 aliphatic rings. The van der Waals surface area contributed by atoms with Crippen molar-refractivity contribution in [3.05, 3.63) is 89.5 Å². The number of rotatable bonds is 7. The van der Waals surface area contributed by atoms with Gasteiger partial charge in [0.05, 0.1) is 0 Å². The second kappa shape index (κ2) is 9.21. The molecule has 7 nitrogen and oxygen atoms in total. The maximum absolute atomic E-state index is 12.1. The Labute approximate surface area is 179 Å². The summed E-state index contributed by atoms with van der Waals surface area (Å²) in [5, 5.41) is 11.5. The van der Waals surface area contributed by atoms with Crippen LogP contribution in [0.4, 0.5) is 4.79 Å². The van der Waals surface area contributed by atoms with Crippen molar-refractivity contribution in [3.8, 4) is 11.1 Å². The van der Waals surface area contributed by atoms with Gasteiger partial charge in [0.1, 0.15) is 6.61 Å². The van der Waals surface area contributed by atoms with Crippen LogP contribution in [0.1, 0.15) is 39.6 Å². The van der Waals surface area contributed by atoms with Crippen LogP contribution in [-0.2, 0) is 4.74 Å². The average molecular weight is 415 g/mol. The molecule has 7 heteroatoms. The molecular formula is C24H21N3O4. The number of nitrogens with one attached hydrogen (secondary N) is 1. The number of carboxylic acids is 1. The van der Waals surface area contributed by atoms with Crippen molar-refractivity contribution in [2.75, 3.05) is 13.2 Å². The molecule has 0 radical (unpaired) electrons. The molecule has 0 spiro atoms. The Kier molecular flexibility index (Phi) is 6.03. The predicted octanol–water partition coefficient (Wildman–Crippen LogP) is 4.12. The highest BCUT2D eigenvalue weighted by Gasteiger charge is 2.28. The Hall–Kier alpha value is -4.00. The minimum absolute atomic E-state index is 0.0341. The molecule has 1 amide bonds. The SMILES string of the molecule is O=C(NCCC=Cc1cnc(C(=O)O)nc1)OCC1c2ccccc2-c2ccccc21. The predicted molar refractivity (Wildman–Crippen MR) is 116 cm³/mol. The number of hydrogen-bond acceptors (Lipinski definition) is 5. The highest BCUT2D eigenvalue weighted by Crippen LogP contribution is 2.44. The van der Waals surface area contributed by atoms with Gasteiger partial charge in [-0.25, -0.2) is 19.6 Å². The Morgan fingerprint density at radius 2 is 1.61 bits per heavy atom. The fraction of sp³-hybridized carbons (Fsp3) is 0.167. The first-order valence-electron chi connectivity index (χ1n) is 9.94. The van der Waals surface area contributed by atoms with Gasteiger partial charge in [-0.15, -0.1) is 0 Å². The van der Waals surface area contributed by atoms with E-state index in [4.69, 9.17) is 9.84 Å². The quantitative estimate of drug-likeness (QED) is 0.563. The van der Waals surface area contributed by atoms with Gasteiger partial charge in [-0.05, 0) is 28.7 Å². The first-order valence-corrected chi connectivity index (χ1v) is 9.94.